The van der Waals surface area contributed by atoms with Crippen molar-refractivity contribution in [2.45, 2.75) is 13.5 Å². The number of carbonyl (C=O) groups excluding carboxylic acids is 1. The van der Waals surface area contributed by atoms with Crippen molar-refractivity contribution in [2.24, 2.45) is 10.7 Å². The Morgan fingerprint density at radius 1 is 1.20 bits per heavy atom. The Morgan fingerprint density at radius 3 is 2.68 bits per heavy atom. The second-order valence-electron chi connectivity index (χ2n) is 5.85. The van der Waals surface area contributed by atoms with Gasteiger partial charge in [-0.2, -0.15) is 0 Å². The molecule has 5 nitrogen and oxygen atoms in total. The van der Waals surface area contributed by atoms with Gasteiger partial charge < -0.3 is 5.73 Å². The summed E-state index contributed by atoms with van der Waals surface area (Å²) in [5.74, 6) is 0.141. The maximum atomic E-state index is 11.8. The molecule has 0 saturated heterocycles. The van der Waals surface area contributed by atoms with Crippen LogP contribution in [0.3, 0.4) is 0 Å². The fourth-order valence-corrected chi connectivity index (χ4v) is 3.39. The Balaban J connectivity index is 2.03. The number of benzene rings is 2. The summed E-state index contributed by atoms with van der Waals surface area (Å²) >= 11 is 6.25. The number of nitrogens with two attached hydrogens (primary N) is 1. The lowest BCUT2D eigenvalue weighted by molar-refractivity contribution is 0.0995. The van der Waals surface area contributed by atoms with E-state index >= 15 is 0 Å². The summed E-state index contributed by atoms with van der Waals surface area (Å²) in [6, 6.07) is 15.5. The van der Waals surface area contributed by atoms with E-state index in [-0.39, 0.29) is 5.69 Å². The number of hydrogen-bond donors (Lipinski definition) is 1. The van der Waals surface area contributed by atoms with Crippen molar-refractivity contribution in [3.63, 3.8) is 0 Å². The number of fused-ring (bicyclic) bond motifs is 3. The highest BCUT2D eigenvalue weighted by molar-refractivity contribution is 6.31. The van der Waals surface area contributed by atoms with Gasteiger partial charge in [0.2, 0.25) is 0 Å². The molecule has 0 atom stereocenters. The zero-order valence-electron chi connectivity index (χ0n) is 13.5. The van der Waals surface area contributed by atoms with Crippen LogP contribution in [0.2, 0.25) is 5.02 Å². The third-order valence-corrected chi connectivity index (χ3v) is 4.50. The average Bonchev–Trinajstić information content (AvgIpc) is 2.83. The highest BCUT2D eigenvalue weighted by Crippen LogP contribution is 2.30. The molecule has 0 bridgehead atoms. The highest BCUT2D eigenvalue weighted by atomic mass is 35.5. The van der Waals surface area contributed by atoms with E-state index in [0.717, 1.165) is 22.5 Å². The molecule has 2 heterocycles. The van der Waals surface area contributed by atoms with Crippen LogP contribution in [0, 0.1) is 6.92 Å². The molecule has 0 unspecified atom stereocenters. The molecule has 1 aliphatic heterocycles. The topological polar surface area (TPSA) is 73.3 Å². The quantitative estimate of drug-likeness (QED) is 0.770. The first-order valence-corrected chi connectivity index (χ1v) is 8.22. The van der Waals surface area contributed by atoms with Gasteiger partial charge in [-0.25, -0.2) is 4.98 Å². The Morgan fingerprint density at radius 2 is 1.96 bits per heavy atom. The molecule has 0 spiro atoms. The van der Waals surface area contributed by atoms with Crippen molar-refractivity contribution >= 4 is 23.2 Å². The van der Waals surface area contributed by atoms with Gasteiger partial charge in [-0.1, -0.05) is 41.9 Å². The van der Waals surface area contributed by atoms with Crippen molar-refractivity contribution in [2.75, 3.05) is 0 Å². The summed E-state index contributed by atoms with van der Waals surface area (Å²) in [4.78, 5) is 20.9. The number of carbonyl (C=O) groups is 1. The SMILES string of the molecule is Cc1nc(C(N)=O)c2n1-c1ccc(Cl)cc1C(c1ccccc1)=NC2. The predicted octanol–water partition coefficient (Wildman–Crippen LogP) is 3.28. The van der Waals surface area contributed by atoms with Crippen LogP contribution in [0.15, 0.2) is 53.5 Å². The zero-order chi connectivity index (χ0) is 17.6. The van der Waals surface area contributed by atoms with E-state index in [1.54, 1.807) is 0 Å². The maximum absolute atomic E-state index is 11.8. The lowest BCUT2D eigenvalue weighted by atomic mass is 10.0. The van der Waals surface area contributed by atoms with Crippen LogP contribution in [0.4, 0.5) is 0 Å². The molecular formula is C19H15ClN4O. The number of imidazole rings is 1. The van der Waals surface area contributed by atoms with Crippen molar-refractivity contribution in [1.29, 1.82) is 0 Å². The fraction of sp³-hybridized carbons (Fsp3) is 0.105. The van der Waals surface area contributed by atoms with Gasteiger partial charge in [0.05, 0.1) is 23.6 Å². The molecule has 0 radical (unpaired) electrons. The first kappa shape index (κ1) is 15.6. The van der Waals surface area contributed by atoms with Crippen molar-refractivity contribution < 1.29 is 4.79 Å². The van der Waals surface area contributed by atoms with E-state index in [9.17, 15) is 4.79 Å². The summed E-state index contributed by atoms with van der Waals surface area (Å²) in [5, 5.41) is 0.624. The van der Waals surface area contributed by atoms with Gasteiger partial charge in [-0.3, -0.25) is 14.4 Å². The molecule has 0 aliphatic carbocycles. The van der Waals surface area contributed by atoms with Crippen LogP contribution >= 0.6 is 11.6 Å². The molecule has 6 heteroatoms. The second kappa shape index (κ2) is 5.86. The first-order valence-electron chi connectivity index (χ1n) is 7.84. The van der Waals surface area contributed by atoms with E-state index in [0.29, 0.717) is 23.1 Å². The van der Waals surface area contributed by atoms with E-state index < -0.39 is 5.91 Å². The zero-order valence-corrected chi connectivity index (χ0v) is 14.3. The van der Waals surface area contributed by atoms with Gasteiger partial charge in [0.1, 0.15) is 5.82 Å². The van der Waals surface area contributed by atoms with Crippen LogP contribution < -0.4 is 5.73 Å². The standard InChI is InChI=1S/C19H15ClN4O/c1-11-23-18(19(21)25)16-10-22-17(12-5-3-2-4-6-12)14-9-13(20)7-8-15(14)24(11)16/h2-9H,10H2,1H3,(H2,21,25). The molecule has 1 amide bonds. The third kappa shape index (κ3) is 2.53. The number of hydrogen-bond acceptors (Lipinski definition) is 3. The maximum Gasteiger partial charge on any atom is 0.269 e. The largest absolute Gasteiger partial charge is 0.364 e. The lowest BCUT2D eigenvalue weighted by Gasteiger charge is -2.13. The van der Waals surface area contributed by atoms with E-state index in [1.807, 2.05) is 60.0 Å². The van der Waals surface area contributed by atoms with Crippen LogP contribution in [0.25, 0.3) is 5.69 Å². The minimum Gasteiger partial charge on any atom is -0.364 e. The minimum atomic E-state index is -0.550. The second-order valence-corrected chi connectivity index (χ2v) is 6.28. The summed E-state index contributed by atoms with van der Waals surface area (Å²) in [5.41, 5.74) is 10.1. The Hall–Kier alpha value is -2.92. The van der Waals surface area contributed by atoms with Crippen LogP contribution in [0.5, 0.6) is 0 Å². The van der Waals surface area contributed by atoms with Gasteiger partial charge in [0, 0.05) is 16.1 Å². The third-order valence-electron chi connectivity index (χ3n) is 4.26. The number of aliphatic imine (C=N–C) groups is 1. The summed E-state index contributed by atoms with van der Waals surface area (Å²) in [7, 11) is 0. The van der Waals surface area contributed by atoms with Gasteiger partial charge in [0.15, 0.2) is 5.69 Å². The number of amides is 1. The minimum absolute atomic E-state index is 0.261. The molecular weight excluding hydrogens is 336 g/mol. The molecule has 3 aromatic rings. The lowest BCUT2D eigenvalue weighted by Crippen LogP contribution is -2.14. The van der Waals surface area contributed by atoms with Gasteiger partial charge in [-0.15, -0.1) is 0 Å². The van der Waals surface area contributed by atoms with Crippen molar-refractivity contribution in [3.05, 3.63) is 81.9 Å². The first-order chi connectivity index (χ1) is 12.1. The monoisotopic (exact) mass is 350 g/mol. The summed E-state index contributed by atoms with van der Waals surface area (Å²) in [6.07, 6.45) is 0. The number of halogens is 1. The van der Waals surface area contributed by atoms with E-state index in [4.69, 9.17) is 22.3 Å². The van der Waals surface area contributed by atoms with Crippen LogP contribution in [-0.4, -0.2) is 21.2 Å². The smallest absolute Gasteiger partial charge is 0.269 e. The molecule has 0 saturated carbocycles. The van der Waals surface area contributed by atoms with Crippen LogP contribution in [-0.2, 0) is 6.54 Å². The fourth-order valence-electron chi connectivity index (χ4n) is 3.22. The molecule has 0 fully saturated rings. The number of nitrogens with zero attached hydrogens (tertiary/aromatic N) is 3. The average molecular weight is 351 g/mol. The molecule has 2 N–H and O–H groups in total. The summed E-state index contributed by atoms with van der Waals surface area (Å²) < 4.78 is 1.94. The number of aryl methyl sites for hydroxylation is 1. The molecule has 1 aliphatic rings. The van der Waals surface area contributed by atoms with Gasteiger partial charge in [-0.05, 0) is 25.1 Å². The Labute approximate surface area is 149 Å². The normalized spacial score (nSPS) is 12.8. The summed E-state index contributed by atoms with van der Waals surface area (Å²) in [6.45, 7) is 2.16. The van der Waals surface area contributed by atoms with Crippen molar-refractivity contribution in [1.82, 2.24) is 9.55 Å². The molecule has 1 aromatic heterocycles. The number of primary amides is 1. The van der Waals surface area contributed by atoms with Crippen LogP contribution in [0.1, 0.15) is 33.1 Å². The van der Waals surface area contributed by atoms with Crippen molar-refractivity contribution in [3.8, 4) is 5.69 Å². The van der Waals surface area contributed by atoms with Gasteiger partial charge in [0.25, 0.3) is 5.91 Å². The predicted molar refractivity (Wildman–Crippen MR) is 97.6 cm³/mol. The molecule has 124 valence electrons. The van der Waals surface area contributed by atoms with Gasteiger partial charge >= 0.3 is 0 Å². The Kier molecular flexibility index (Phi) is 3.66. The molecule has 25 heavy (non-hydrogen) atoms. The number of aromatic nitrogens is 2. The highest BCUT2D eigenvalue weighted by Gasteiger charge is 2.25. The Bertz CT molecular complexity index is 1020. The van der Waals surface area contributed by atoms with E-state index in [2.05, 4.69) is 4.98 Å². The van der Waals surface area contributed by atoms with E-state index in [1.165, 1.54) is 0 Å². The number of rotatable bonds is 2. The molecule has 4 rings (SSSR count). The molecule has 2 aromatic carbocycles.